The molecule has 1 aromatic heterocycles. The number of carbonyl (C=O) groups is 2. The van der Waals surface area contributed by atoms with Crippen molar-refractivity contribution in [3.8, 4) is 0 Å². The Kier molecular flexibility index (Phi) is 8.62. The fraction of sp³-hybridized carbons (Fsp3) is 0.250. The summed E-state index contributed by atoms with van der Waals surface area (Å²) < 4.78 is 5.74. The van der Waals surface area contributed by atoms with E-state index in [4.69, 9.17) is 4.74 Å². The van der Waals surface area contributed by atoms with Gasteiger partial charge >= 0.3 is 0 Å². The van der Waals surface area contributed by atoms with Gasteiger partial charge in [0.05, 0.1) is 13.2 Å². The van der Waals surface area contributed by atoms with Gasteiger partial charge in [0.15, 0.2) is 0 Å². The van der Waals surface area contributed by atoms with Gasteiger partial charge < -0.3 is 15.4 Å². The van der Waals surface area contributed by atoms with E-state index in [1.807, 2.05) is 65.4 Å². The number of carbonyl (C=O) groups excluding carboxylic acids is 2. The Morgan fingerprint density at radius 2 is 1.53 bits per heavy atom. The van der Waals surface area contributed by atoms with E-state index in [2.05, 4.69) is 10.6 Å². The van der Waals surface area contributed by atoms with E-state index in [-0.39, 0.29) is 11.8 Å². The highest BCUT2D eigenvalue weighted by Crippen LogP contribution is 2.09. The summed E-state index contributed by atoms with van der Waals surface area (Å²) in [6.45, 7) is 2.12. The summed E-state index contributed by atoms with van der Waals surface area (Å²) in [6, 6.07) is 19.9. The number of hydrogen-bond donors (Lipinski definition) is 2. The van der Waals surface area contributed by atoms with Gasteiger partial charge in [0.1, 0.15) is 0 Å². The molecule has 0 unspecified atom stereocenters. The predicted molar refractivity (Wildman–Crippen MR) is 119 cm³/mol. The second-order valence-corrected chi connectivity index (χ2v) is 7.72. The summed E-state index contributed by atoms with van der Waals surface area (Å²) in [5.41, 5.74) is 3.96. The minimum atomic E-state index is -0.0931. The molecule has 2 amide bonds. The Balaban J connectivity index is 1.28. The Bertz CT molecular complexity index is 909. The van der Waals surface area contributed by atoms with Crippen molar-refractivity contribution in [2.75, 3.05) is 6.54 Å². The summed E-state index contributed by atoms with van der Waals surface area (Å²) in [5.74, 6) is -0.112. The van der Waals surface area contributed by atoms with Gasteiger partial charge in [0, 0.05) is 30.5 Å². The predicted octanol–water partition coefficient (Wildman–Crippen LogP) is 4.29. The van der Waals surface area contributed by atoms with Crippen LogP contribution in [0.5, 0.6) is 0 Å². The van der Waals surface area contributed by atoms with Crippen LogP contribution in [0.2, 0.25) is 0 Å². The van der Waals surface area contributed by atoms with Crippen molar-refractivity contribution in [1.29, 1.82) is 0 Å². The maximum atomic E-state index is 12.0. The SMILES string of the molecule is O=C(CCCNC(=O)c1ccsc1)NCc1ccc(COCc2ccccc2)cc1. The molecule has 0 fully saturated rings. The molecule has 0 aliphatic rings. The molecule has 0 saturated heterocycles. The van der Waals surface area contributed by atoms with Crippen LogP contribution in [0.4, 0.5) is 0 Å². The van der Waals surface area contributed by atoms with Gasteiger partial charge in [-0.2, -0.15) is 11.3 Å². The van der Waals surface area contributed by atoms with E-state index < -0.39 is 0 Å². The number of rotatable bonds is 11. The summed E-state index contributed by atoms with van der Waals surface area (Å²) in [6.07, 6.45) is 0.995. The largest absolute Gasteiger partial charge is 0.372 e. The molecule has 30 heavy (non-hydrogen) atoms. The van der Waals surface area contributed by atoms with Crippen molar-refractivity contribution in [3.63, 3.8) is 0 Å². The lowest BCUT2D eigenvalue weighted by atomic mass is 10.1. The van der Waals surface area contributed by atoms with E-state index in [1.54, 1.807) is 6.07 Å². The van der Waals surface area contributed by atoms with Crippen molar-refractivity contribution in [3.05, 3.63) is 93.7 Å². The van der Waals surface area contributed by atoms with Gasteiger partial charge in [0.25, 0.3) is 5.91 Å². The summed E-state index contributed by atoms with van der Waals surface area (Å²) in [4.78, 5) is 23.8. The molecule has 0 aliphatic heterocycles. The topological polar surface area (TPSA) is 67.4 Å². The van der Waals surface area contributed by atoms with E-state index in [1.165, 1.54) is 11.3 Å². The quantitative estimate of drug-likeness (QED) is 0.453. The van der Waals surface area contributed by atoms with Gasteiger partial charge in [-0.15, -0.1) is 0 Å². The molecule has 2 N–H and O–H groups in total. The third-order valence-corrected chi connectivity index (χ3v) is 5.23. The summed E-state index contributed by atoms with van der Waals surface area (Å²) >= 11 is 1.49. The van der Waals surface area contributed by atoms with Crippen LogP contribution < -0.4 is 10.6 Å². The van der Waals surface area contributed by atoms with Crippen molar-refractivity contribution in [2.24, 2.45) is 0 Å². The van der Waals surface area contributed by atoms with E-state index >= 15 is 0 Å². The number of ether oxygens (including phenoxy) is 1. The maximum Gasteiger partial charge on any atom is 0.252 e. The van der Waals surface area contributed by atoms with Gasteiger partial charge in [-0.3, -0.25) is 9.59 Å². The number of nitrogens with one attached hydrogen (secondary N) is 2. The van der Waals surface area contributed by atoms with Gasteiger partial charge in [0.2, 0.25) is 5.91 Å². The monoisotopic (exact) mass is 422 g/mol. The molecule has 0 bridgehead atoms. The second kappa shape index (κ2) is 11.9. The standard InChI is InChI=1S/C24H26N2O3S/c27-23(7-4-13-25-24(28)22-12-14-30-18-22)26-15-19-8-10-21(11-9-19)17-29-16-20-5-2-1-3-6-20/h1-3,5-6,8-12,14,18H,4,7,13,15-17H2,(H,25,28)(H,26,27). The first-order valence-corrected chi connectivity index (χ1v) is 10.9. The zero-order chi connectivity index (χ0) is 21.0. The number of amides is 2. The molecule has 156 valence electrons. The lowest BCUT2D eigenvalue weighted by molar-refractivity contribution is -0.121. The first kappa shape index (κ1) is 21.7. The fourth-order valence-corrected chi connectivity index (χ4v) is 3.49. The number of thiophene rings is 1. The third-order valence-electron chi connectivity index (χ3n) is 4.54. The molecule has 0 atom stereocenters. The Hall–Kier alpha value is -2.96. The zero-order valence-electron chi connectivity index (χ0n) is 16.8. The van der Waals surface area contributed by atoms with Crippen LogP contribution in [0.3, 0.4) is 0 Å². The van der Waals surface area contributed by atoms with Crippen LogP contribution in [0.1, 0.15) is 39.9 Å². The number of hydrogen-bond acceptors (Lipinski definition) is 4. The highest BCUT2D eigenvalue weighted by molar-refractivity contribution is 7.08. The lowest BCUT2D eigenvalue weighted by Gasteiger charge is -2.08. The highest BCUT2D eigenvalue weighted by atomic mass is 32.1. The van der Waals surface area contributed by atoms with Crippen LogP contribution in [-0.4, -0.2) is 18.4 Å². The molecule has 2 aromatic carbocycles. The third kappa shape index (κ3) is 7.46. The summed E-state index contributed by atoms with van der Waals surface area (Å²) in [7, 11) is 0. The summed E-state index contributed by atoms with van der Waals surface area (Å²) in [5, 5.41) is 9.42. The van der Waals surface area contributed by atoms with Gasteiger partial charge in [-0.25, -0.2) is 0 Å². The molecular formula is C24H26N2O3S. The van der Waals surface area contributed by atoms with Gasteiger partial charge in [-0.05, 0) is 34.6 Å². The molecule has 3 rings (SSSR count). The Morgan fingerprint density at radius 1 is 0.833 bits per heavy atom. The van der Waals surface area contributed by atoms with Crippen LogP contribution in [0.25, 0.3) is 0 Å². The first-order chi connectivity index (χ1) is 14.7. The molecule has 5 nitrogen and oxygen atoms in total. The minimum absolute atomic E-state index is 0.0185. The molecule has 1 heterocycles. The first-order valence-electron chi connectivity index (χ1n) is 9.97. The molecule has 0 radical (unpaired) electrons. The average molecular weight is 423 g/mol. The normalized spacial score (nSPS) is 10.5. The number of benzene rings is 2. The Labute approximate surface area is 181 Å². The molecule has 0 saturated carbocycles. The average Bonchev–Trinajstić information content (AvgIpc) is 3.32. The van der Waals surface area contributed by atoms with Crippen molar-refractivity contribution in [2.45, 2.75) is 32.6 Å². The van der Waals surface area contributed by atoms with Crippen LogP contribution in [0, 0.1) is 0 Å². The highest BCUT2D eigenvalue weighted by Gasteiger charge is 2.06. The van der Waals surface area contributed by atoms with Crippen LogP contribution in [0.15, 0.2) is 71.4 Å². The van der Waals surface area contributed by atoms with Crippen molar-refractivity contribution >= 4 is 23.2 Å². The van der Waals surface area contributed by atoms with Crippen molar-refractivity contribution in [1.82, 2.24) is 10.6 Å². The van der Waals surface area contributed by atoms with E-state index in [0.29, 0.717) is 44.7 Å². The fourth-order valence-electron chi connectivity index (χ4n) is 2.85. The molecule has 0 aliphatic carbocycles. The van der Waals surface area contributed by atoms with Gasteiger partial charge in [-0.1, -0.05) is 54.6 Å². The smallest absolute Gasteiger partial charge is 0.252 e. The molecule has 0 spiro atoms. The lowest BCUT2D eigenvalue weighted by Crippen LogP contribution is -2.27. The molecule has 6 heteroatoms. The van der Waals surface area contributed by atoms with Crippen LogP contribution >= 0.6 is 11.3 Å². The van der Waals surface area contributed by atoms with Crippen LogP contribution in [-0.2, 0) is 29.3 Å². The van der Waals surface area contributed by atoms with E-state index in [0.717, 1.165) is 16.7 Å². The minimum Gasteiger partial charge on any atom is -0.372 e. The zero-order valence-corrected chi connectivity index (χ0v) is 17.6. The molecular weight excluding hydrogens is 396 g/mol. The van der Waals surface area contributed by atoms with E-state index in [9.17, 15) is 9.59 Å². The second-order valence-electron chi connectivity index (χ2n) is 6.94. The Morgan fingerprint density at radius 3 is 2.23 bits per heavy atom. The maximum absolute atomic E-state index is 12.0. The van der Waals surface area contributed by atoms with Crippen molar-refractivity contribution < 1.29 is 14.3 Å². The molecule has 3 aromatic rings.